The lowest BCUT2D eigenvalue weighted by molar-refractivity contribution is -0.305. The second-order valence-electron chi connectivity index (χ2n) is 7.62. The molecule has 1 rings (SSSR count). The van der Waals surface area contributed by atoms with E-state index in [2.05, 4.69) is 0 Å². The molecule has 7 atom stereocenters. The molecule has 0 bridgehead atoms. The Labute approximate surface area is 184 Å². The number of aliphatic hydroxyl groups excluding tert-OH is 4. The minimum absolute atomic E-state index is 0.258. The number of unbranched alkanes of at least 4 members (excludes halogenated alkanes) is 3. The second kappa shape index (κ2) is 15.5. The molecule has 0 saturated carbocycles. The van der Waals surface area contributed by atoms with E-state index in [9.17, 15) is 30.0 Å². The van der Waals surface area contributed by atoms with Gasteiger partial charge in [-0.3, -0.25) is 9.59 Å². The van der Waals surface area contributed by atoms with Crippen molar-refractivity contribution >= 4 is 11.9 Å². The molecule has 0 amide bonds. The fourth-order valence-electron chi connectivity index (χ4n) is 2.87. The summed E-state index contributed by atoms with van der Waals surface area (Å²) in [6, 6.07) is 0. The maximum Gasteiger partial charge on any atom is 0.305 e. The molecule has 1 saturated heterocycles. The predicted octanol–water partition coefficient (Wildman–Crippen LogP) is 0.418. The number of hydrogen-bond donors (Lipinski definition) is 4. The van der Waals surface area contributed by atoms with Crippen LogP contribution in [0.25, 0.3) is 0 Å². The van der Waals surface area contributed by atoms with Crippen LogP contribution in [0.2, 0.25) is 0 Å². The largest absolute Gasteiger partial charge is 0.463 e. The van der Waals surface area contributed by atoms with Crippen molar-refractivity contribution in [1.29, 1.82) is 0 Å². The molecule has 2 unspecified atom stereocenters. The quantitative estimate of drug-likeness (QED) is 0.204. The van der Waals surface area contributed by atoms with Crippen LogP contribution < -0.4 is 0 Å². The van der Waals surface area contributed by atoms with Gasteiger partial charge in [0, 0.05) is 14.2 Å². The Morgan fingerprint density at radius 1 is 0.935 bits per heavy atom. The Morgan fingerprint density at radius 3 is 2.29 bits per heavy atom. The summed E-state index contributed by atoms with van der Waals surface area (Å²) in [5.41, 5.74) is 0. The Balaban J connectivity index is 2.46. The fourth-order valence-corrected chi connectivity index (χ4v) is 2.87. The van der Waals surface area contributed by atoms with E-state index in [-0.39, 0.29) is 19.6 Å². The first-order valence-corrected chi connectivity index (χ1v) is 10.9. The van der Waals surface area contributed by atoms with Crippen LogP contribution in [0.5, 0.6) is 0 Å². The summed E-state index contributed by atoms with van der Waals surface area (Å²) in [5.74, 6) is -1.21. The molecule has 0 aliphatic carbocycles. The van der Waals surface area contributed by atoms with Crippen LogP contribution in [-0.2, 0) is 28.5 Å². The number of hydrogen-bond acceptors (Lipinski definition) is 10. The molecule has 0 spiro atoms. The first-order chi connectivity index (χ1) is 15.2. The summed E-state index contributed by atoms with van der Waals surface area (Å²) in [7, 11) is 0. The van der Waals surface area contributed by atoms with Crippen molar-refractivity contribution in [2.24, 2.45) is 0 Å². The molecule has 1 aliphatic rings. The highest BCUT2D eigenvalue weighted by Gasteiger charge is 2.45. The van der Waals surface area contributed by atoms with Gasteiger partial charge in [0.25, 0.3) is 0 Å². The van der Waals surface area contributed by atoms with Gasteiger partial charge in [-0.05, 0) is 12.8 Å². The molecule has 31 heavy (non-hydrogen) atoms. The zero-order valence-electron chi connectivity index (χ0n) is 19.4. The SMILES string of the molecule is [2H]C(CCCC)C(=O)OC[C@H]1OC(OC[C@H](O)COC(=O)CCCCC)[C@H](O)[C@@H](O)[C@H]1O. The van der Waals surface area contributed by atoms with Crippen LogP contribution in [0.3, 0.4) is 0 Å². The van der Waals surface area contributed by atoms with E-state index in [4.69, 9.17) is 20.3 Å². The van der Waals surface area contributed by atoms with Crippen molar-refractivity contribution in [1.82, 2.24) is 0 Å². The summed E-state index contributed by atoms with van der Waals surface area (Å²) >= 11 is 0. The number of ether oxygens (including phenoxy) is 4. The molecule has 1 heterocycles. The number of aliphatic hydroxyl groups is 4. The average molecular weight is 452 g/mol. The van der Waals surface area contributed by atoms with E-state index < -0.39 is 61.8 Å². The van der Waals surface area contributed by atoms with Gasteiger partial charge >= 0.3 is 11.9 Å². The maximum absolute atomic E-state index is 11.9. The summed E-state index contributed by atoms with van der Waals surface area (Å²) in [4.78, 5) is 23.5. The Morgan fingerprint density at radius 2 is 1.61 bits per heavy atom. The normalized spacial score (nSPS) is 28.5. The first kappa shape index (κ1) is 26.0. The predicted molar refractivity (Wildman–Crippen MR) is 109 cm³/mol. The monoisotopic (exact) mass is 451 g/mol. The third kappa shape index (κ3) is 10.7. The number of carbonyl (C=O) groups is 2. The van der Waals surface area contributed by atoms with E-state index in [0.29, 0.717) is 19.3 Å². The van der Waals surface area contributed by atoms with Gasteiger partial charge in [0.05, 0.1) is 6.61 Å². The number of carbonyl (C=O) groups excluding carboxylic acids is 2. The summed E-state index contributed by atoms with van der Waals surface area (Å²) in [6.07, 6.45) is -4.96. The molecular formula is C21H38O10. The van der Waals surface area contributed by atoms with Gasteiger partial charge in [0.15, 0.2) is 6.29 Å². The van der Waals surface area contributed by atoms with Crippen LogP contribution in [0, 0.1) is 0 Å². The minimum Gasteiger partial charge on any atom is -0.463 e. The molecule has 0 aromatic carbocycles. The van der Waals surface area contributed by atoms with E-state index in [1.165, 1.54) is 0 Å². The molecule has 1 fully saturated rings. The van der Waals surface area contributed by atoms with Gasteiger partial charge in [-0.2, -0.15) is 0 Å². The fraction of sp³-hybridized carbons (Fsp3) is 0.905. The Bertz CT molecular complexity index is 549. The molecule has 0 aromatic rings. The lowest BCUT2D eigenvalue weighted by atomic mass is 9.99. The standard InChI is InChI=1S/C21H38O10/c1-3-5-7-9-16(23)28-11-14(22)12-30-21-20(27)19(26)18(25)15(31-21)13-29-17(24)10-8-6-4-2/h14-15,18-22,25-27H,3-13H2,1-2H3/t14-,15-,18+,19+,20-,21?/m1/s1/i10D/t10?,14-,15-,18+,19+,20-,21?. The van der Waals surface area contributed by atoms with Crippen LogP contribution in [0.15, 0.2) is 0 Å². The molecule has 0 radical (unpaired) electrons. The lowest BCUT2D eigenvalue weighted by Crippen LogP contribution is -2.59. The molecule has 0 aromatic heterocycles. The molecule has 182 valence electrons. The molecule has 1 aliphatic heterocycles. The average Bonchev–Trinajstić information content (AvgIpc) is 2.78. The zero-order chi connectivity index (χ0) is 24.1. The zero-order valence-corrected chi connectivity index (χ0v) is 18.4. The van der Waals surface area contributed by atoms with E-state index >= 15 is 0 Å². The third-order valence-corrected chi connectivity index (χ3v) is 4.80. The number of rotatable bonds is 15. The van der Waals surface area contributed by atoms with Gasteiger partial charge in [0.1, 0.15) is 43.7 Å². The van der Waals surface area contributed by atoms with Gasteiger partial charge in [-0.25, -0.2) is 0 Å². The summed E-state index contributed by atoms with van der Waals surface area (Å²) in [5, 5.41) is 40.2. The third-order valence-electron chi connectivity index (χ3n) is 4.80. The van der Waals surface area contributed by atoms with Crippen molar-refractivity contribution < 1.29 is 50.3 Å². The van der Waals surface area contributed by atoms with Gasteiger partial charge < -0.3 is 39.4 Å². The second-order valence-corrected chi connectivity index (χ2v) is 7.62. The first-order valence-electron chi connectivity index (χ1n) is 11.5. The maximum atomic E-state index is 11.9. The van der Waals surface area contributed by atoms with E-state index in [1.54, 1.807) is 0 Å². The lowest BCUT2D eigenvalue weighted by Gasteiger charge is -2.40. The van der Waals surface area contributed by atoms with Crippen LogP contribution in [-0.4, -0.2) is 89.0 Å². The van der Waals surface area contributed by atoms with Crippen molar-refractivity contribution in [3.8, 4) is 0 Å². The van der Waals surface area contributed by atoms with E-state index in [1.807, 2.05) is 13.8 Å². The van der Waals surface area contributed by atoms with Crippen LogP contribution in [0.4, 0.5) is 0 Å². The minimum atomic E-state index is -1.64. The number of esters is 2. The smallest absolute Gasteiger partial charge is 0.305 e. The Hall–Kier alpha value is -1.30. The summed E-state index contributed by atoms with van der Waals surface area (Å²) in [6.45, 7) is 2.83. The molecule has 4 N–H and O–H groups in total. The van der Waals surface area contributed by atoms with Gasteiger partial charge in [-0.1, -0.05) is 39.5 Å². The molecular weight excluding hydrogens is 412 g/mol. The van der Waals surface area contributed by atoms with Gasteiger partial charge in [-0.15, -0.1) is 0 Å². The van der Waals surface area contributed by atoms with Gasteiger partial charge in [0.2, 0.25) is 0 Å². The summed E-state index contributed by atoms with van der Waals surface area (Å²) < 4.78 is 28.4. The Kier molecular flexibility index (Phi) is 13.0. The van der Waals surface area contributed by atoms with Crippen molar-refractivity contribution in [2.45, 2.75) is 102 Å². The van der Waals surface area contributed by atoms with E-state index in [0.717, 1.165) is 19.3 Å². The highest BCUT2D eigenvalue weighted by Crippen LogP contribution is 2.23. The highest BCUT2D eigenvalue weighted by molar-refractivity contribution is 5.69. The molecule has 10 heteroatoms. The molecule has 10 nitrogen and oxygen atoms in total. The highest BCUT2D eigenvalue weighted by atomic mass is 16.7. The van der Waals surface area contributed by atoms with Crippen LogP contribution in [0.1, 0.15) is 66.6 Å². The topological polar surface area (TPSA) is 152 Å². The van der Waals surface area contributed by atoms with Crippen molar-refractivity contribution in [2.75, 3.05) is 19.8 Å². The van der Waals surface area contributed by atoms with Crippen molar-refractivity contribution in [3.05, 3.63) is 0 Å². The van der Waals surface area contributed by atoms with Crippen molar-refractivity contribution in [3.63, 3.8) is 0 Å². The van der Waals surface area contributed by atoms with Crippen LogP contribution >= 0.6 is 0 Å².